The first-order valence-corrected chi connectivity index (χ1v) is 7.05. The summed E-state index contributed by atoms with van der Waals surface area (Å²) in [5.41, 5.74) is 2.27. The SMILES string of the molecule is Cc1ccc(C(Cl)Cc2cccc(F)c2F)cc1Br. The molecule has 0 radical (unpaired) electrons. The molecule has 0 aromatic heterocycles. The molecular formula is C15H12BrClF2. The maximum Gasteiger partial charge on any atom is 0.162 e. The van der Waals surface area contributed by atoms with Gasteiger partial charge in [-0.1, -0.05) is 40.2 Å². The summed E-state index contributed by atoms with van der Waals surface area (Å²) in [6.07, 6.45) is 0.251. The van der Waals surface area contributed by atoms with Crippen molar-refractivity contribution in [2.75, 3.05) is 0 Å². The Morgan fingerprint density at radius 1 is 1.21 bits per heavy atom. The molecule has 2 rings (SSSR count). The van der Waals surface area contributed by atoms with Gasteiger partial charge in [-0.2, -0.15) is 0 Å². The molecule has 0 saturated heterocycles. The van der Waals surface area contributed by atoms with Crippen LogP contribution < -0.4 is 0 Å². The highest BCUT2D eigenvalue weighted by Gasteiger charge is 2.14. The lowest BCUT2D eigenvalue weighted by Gasteiger charge is -2.12. The van der Waals surface area contributed by atoms with Crippen molar-refractivity contribution in [3.63, 3.8) is 0 Å². The number of hydrogen-bond acceptors (Lipinski definition) is 0. The van der Waals surface area contributed by atoms with Gasteiger partial charge < -0.3 is 0 Å². The molecule has 0 aliphatic heterocycles. The van der Waals surface area contributed by atoms with E-state index in [4.69, 9.17) is 11.6 Å². The summed E-state index contributed by atoms with van der Waals surface area (Å²) < 4.78 is 27.7. The fraction of sp³-hybridized carbons (Fsp3) is 0.200. The molecule has 0 aliphatic carbocycles. The summed E-state index contributed by atoms with van der Waals surface area (Å²) >= 11 is 9.71. The number of halogens is 4. The zero-order chi connectivity index (χ0) is 14.0. The minimum absolute atomic E-state index is 0.251. The van der Waals surface area contributed by atoms with Gasteiger partial charge in [0.05, 0.1) is 5.38 Å². The Kier molecular flexibility index (Phi) is 4.58. The van der Waals surface area contributed by atoms with Crippen LogP contribution in [0.2, 0.25) is 0 Å². The minimum atomic E-state index is -0.841. The molecule has 2 aromatic carbocycles. The molecule has 100 valence electrons. The molecule has 0 spiro atoms. The molecule has 1 atom stereocenters. The summed E-state index contributed by atoms with van der Waals surface area (Å²) in [4.78, 5) is 0. The molecule has 0 bridgehead atoms. The second-order valence-corrected chi connectivity index (χ2v) is 5.77. The van der Waals surface area contributed by atoms with Gasteiger partial charge in [-0.15, -0.1) is 11.6 Å². The van der Waals surface area contributed by atoms with Gasteiger partial charge in [-0.3, -0.25) is 0 Å². The third kappa shape index (κ3) is 3.34. The van der Waals surface area contributed by atoms with E-state index < -0.39 is 17.0 Å². The quantitative estimate of drug-likeness (QED) is 0.639. The largest absolute Gasteiger partial charge is 0.204 e. The van der Waals surface area contributed by atoms with E-state index in [0.717, 1.165) is 21.7 Å². The van der Waals surface area contributed by atoms with Crippen LogP contribution in [0.3, 0.4) is 0 Å². The van der Waals surface area contributed by atoms with Crippen molar-refractivity contribution in [3.05, 3.63) is 69.2 Å². The summed E-state index contributed by atoms with van der Waals surface area (Å²) in [6.45, 7) is 1.98. The van der Waals surface area contributed by atoms with Gasteiger partial charge in [-0.25, -0.2) is 8.78 Å². The Bertz CT molecular complexity index is 599. The summed E-state index contributed by atoms with van der Waals surface area (Å²) in [7, 11) is 0. The predicted molar refractivity (Wildman–Crippen MR) is 77.5 cm³/mol. The van der Waals surface area contributed by atoms with Crippen LogP contribution >= 0.6 is 27.5 Å². The highest BCUT2D eigenvalue weighted by atomic mass is 79.9. The van der Waals surface area contributed by atoms with Crippen LogP contribution in [0.4, 0.5) is 8.78 Å². The van der Waals surface area contributed by atoms with Crippen LogP contribution in [0.5, 0.6) is 0 Å². The van der Waals surface area contributed by atoms with Crippen LogP contribution in [-0.4, -0.2) is 0 Å². The molecule has 0 N–H and O–H groups in total. The van der Waals surface area contributed by atoms with Gasteiger partial charge in [0.2, 0.25) is 0 Å². The lowest BCUT2D eigenvalue weighted by Crippen LogP contribution is -2.00. The van der Waals surface area contributed by atoms with E-state index >= 15 is 0 Å². The van der Waals surface area contributed by atoms with E-state index in [9.17, 15) is 8.78 Å². The molecule has 0 nitrogen and oxygen atoms in total. The van der Waals surface area contributed by atoms with Gasteiger partial charge in [0, 0.05) is 4.47 Å². The van der Waals surface area contributed by atoms with Crippen molar-refractivity contribution >= 4 is 27.5 Å². The first-order chi connectivity index (χ1) is 8.99. The van der Waals surface area contributed by atoms with Crippen LogP contribution in [0.25, 0.3) is 0 Å². The third-order valence-corrected chi connectivity index (χ3v) is 4.25. The van der Waals surface area contributed by atoms with E-state index in [1.54, 1.807) is 6.07 Å². The predicted octanol–water partition coefficient (Wildman–Crippen LogP) is 5.56. The Morgan fingerprint density at radius 2 is 1.95 bits per heavy atom. The van der Waals surface area contributed by atoms with Crippen LogP contribution in [0.15, 0.2) is 40.9 Å². The maximum absolute atomic E-state index is 13.6. The third-order valence-electron chi connectivity index (χ3n) is 2.99. The normalized spacial score (nSPS) is 12.5. The molecule has 0 heterocycles. The van der Waals surface area contributed by atoms with Gasteiger partial charge >= 0.3 is 0 Å². The smallest absolute Gasteiger partial charge is 0.162 e. The van der Waals surface area contributed by atoms with Crippen LogP contribution in [0.1, 0.15) is 22.1 Å². The average Bonchev–Trinajstić information content (AvgIpc) is 2.38. The molecule has 19 heavy (non-hydrogen) atoms. The van der Waals surface area contributed by atoms with Gasteiger partial charge in [0.25, 0.3) is 0 Å². The van der Waals surface area contributed by atoms with E-state index in [1.165, 1.54) is 6.07 Å². The van der Waals surface area contributed by atoms with Crippen LogP contribution in [-0.2, 0) is 6.42 Å². The van der Waals surface area contributed by atoms with Crippen molar-refractivity contribution in [1.29, 1.82) is 0 Å². The molecule has 0 fully saturated rings. The van der Waals surface area contributed by atoms with E-state index in [0.29, 0.717) is 0 Å². The number of alkyl halides is 1. The van der Waals surface area contributed by atoms with Crippen molar-refractivity contribution in [1.82, 2.24) is 0 Å². The highest BCUT2D eigenvalue weighted by Crippen LogP contribution is 2.29. The van der Waals surface area contributed by atoms with E-state index in [1.807, 2.05) is 25.1 Å². The molecule has 1 unspecified atom stereocenters. The molecule has 0 saturated carbocycles. The number of benzene rings is 2. The van der Waals surface area contributed by atoms with Crippen molar-refractivity contribution in [3.8, 4) is 0 Å². The minimum Gasteiger partial charge on any atom is -0.204 e. The first kappa shape index (κ1) is 14.5. The van der Waals surface area contributed by atoms with E-state index in [-0.39, 0.29) is 12.0 Å². The molecule has 2 aromatic rings. The lowest BCUT2D eigenvalue weighted by molar-refractivity contribution is 0.498. The fourth-order valence-corrected chi connectivity index (χ4v) is 2.52. The molecule has 0 aliphatic rings. The van der Waals surface area contributed by atoms with Gasteiger partial charge in [-0.05, 0) is 42.2 Å². The van der Waals surface area contributed by atoms with Crippen molar-refractivity contribution < 1.29 is 8.78 Å². The molecular weight excluding hydrogens is 334 g/mol. The number of hydrogen-bond donors (Lipinski definition) is 0. The van der Waals surface area contributed by atoms with Gasteiger partial charge in [0.15, 0.2) is 11.6 Å². The molecule has 0 amide bonds. The zero-order valence-electron chi connectivity index (χ0n) is 10.3. The number of rotatable bonds is 3. The van der Waals surface area contributed by atoms with Crippen LogP contribution in [0, 0.1) is 18.6 Å². The Balaban J connectivity index is 2.23. The average molecular weight is 346 g/mol. The topological polar surface area (TPSA) is 0 Å². The Morgan fingerprint density at radius 3 is 2.63 bits per heavy atom. The van der Waals surface area contributed by atoms with Crippen molar-refractivity contribution in [2.24, 2.45) is 0 Å². The van der Waals surface area contributed by atoms with E-state index in [2.05, 4.69) is 15.9 Å². The second-order valence-electron chi connectivity index (χ2n) is 4.39. The first-order valence-electron chi connectivity index (χ1n) is 5.82. The molecule has 4 heteroatoms. The Hall–Kier alpha value is -0.930. The lowest BCUT2D eigenvalue weighted by atomic mass is 10.0. The fourth-order valence-electron chi connectivity index (χ4n) is 1.82. The zero-order valence-corrected chi connectivity index (χ0v) is 12.6. The Labute approximate surface area is 124 Å². The standard InChI is InChI=1S/C15H12BrClF2/c1-9-5-6-10(7-12(9)16)13(17)8-11-3-2-4-14(18)15(11)19/h2-7,13H,8H2,1H3. The summed E-state index contributed by atoms with van der Waals surface area (Å²) in [5.74, 6) is -1.66. The van der Waals surface area contributed by atoms with Gasteiger partial charge in [0.1, 0.15) is 0 Å². The summed E-state index contributed by atoms with van der Waals surface area (Å²) in [6, 6.07) is 9.89. The monoisotopic (exact) mass is 344 g/mol. The summed E-state index contributed by atoms with van der Waals surface area (Å²) in [5, 5.41) is -0.395. The number of aryl methyl sites for hydroxylation is 1. The maximum atomic E-state index is 13.6. The highest BCUT2D eigenvalue weighted by molar-refractivity contribution is 9.10. The second kappa shape index (κ2) is 6.02. The van der Waals surface area contributed by atoms with Crippen molar-refractivity contribution in [2.45, 2.75) is 18.7 Å².